The van der Waals surface area contributed by atoms with Gasteiger partial charge in [0.1, 0.15) is 5.78 Å². The third-order valence-corrected chi connectivity index (χ3v) is 4.64. The molecule has 13 heavy (non-hydrogen) atoms. The highest BCUT2D eigenvalue weighted by Crippen LogP contribution is 2.59. The minimum Gasteiger partial charge on any atom is -0.299 e. The number of ketones is 1. The van der Waals surface area contributed by atoms with Gasteiger partial charge in [-0.25, -0.2) is 0 Å². The summed E-state index contributed by atoms with van der Waals surface area (Å²) in [5.41, 5.74) is 1.97. The van der Waals surface area contributed by atoms with Crippen molar-refractivity contribution >= 4 is 5.78 Å². The number of hydrogen-bond donors (Lipinski definition) is 0. The zero-order chi connectivity index (χ0) is 9.05. The lowest BCUT2D eigenvalue weighted by Gasteiger charge is -2.45. The summed E-state index contributed by atoms with van der Waals surface area (Å²) < 4.78 is 0. The van der Waals surface area contributed by atoms with E-state index in [-0.39, 0.29) is 0 Å². The molecular weight excluding hydrogens is 160 g/mol. The maximum Gasteiger partial charge on any atom is 0.140 e. The van der Waals surface area contributed by atoms with Gasteiger partial charge < -0.3 is 0 Å². The molecule has 0 aliphatic heterocycles. The molecule has 0 heterocycles. The second-order valence-electron chi connectivity index (χ2n) is 5.08. The molecule has 2 fully saturated rings. The summed E-state index contributed by atoms with van der Waals surface area (Å²) in [5, 5.41) is 0. The Morgan fingerprint density at radius 3 is 3.08 bits per heavy atom. The summed E-state index contributed by atoms with van der Waals surface area (Å²) in [6, 6.07) is 0. The van der Waals surface area contributed by atoms with Gasteiger partial charge in [0.2, 0.25) is 0 Å². The van der Waals surface area contributed by atoms with Gasteiger partial charge in [-0.15, -0.1) is 0 Å². The highest BCUT2D eigenvalue weighted by atomic mass is 16.1. The molecule has 3 atom stereocenters. The van der Waals surface area contributed by atoms with Crippen LogP contribution in [-0.2, 0) is 4.79 Å². The zero-order valence-corrected chi connectivity index (χ0v) is 8.18. The van der Waals surface area contributed by atoms with Gasteiger partial charge >= 0.3 is 0 Å². The van der Waals surface area contributed by atoms with Crippen molar-refractivity contribution in [3.63, 3.8) is 0 Å². The Bertz CT molecular complexity index is 302. The summed E-state index contributed by atoms with van der Waals surface area (Å²) in [4.78, 5) is 11.7. The minimum atomic E-state index is 0.308. The average Bonchev–Trinajstić information content (AvgIpc) is 2.44. The van der Waals surface area contributed by atoms with E-state index in [0.717, 1.165) is 18.8 Å². The Labute approximate surface area is 79.2 Å². The van der Waals surface area contributed by atoms with E-state index in [1.165, 1.54) is 19.3 Å². The summed E-state index contributed by atoms with van der Waals surface area (Å²) in [7, 11) is 0. The topological polar surface area (TPSA) is 17.1 Å². The van der Waals surface area contributed by atoms with E-state index >= 15 is 0 Å². The first-order chi connectivity index (χ1) is 6.22. The fourth-order valence-corrected chi connectivity index (χ4v) is 3.68. The van der Waals surface area contributed by atoms with Crippen LogP contribution in [0.3, 0.4) is 0 Å². The van der Waals surface area contributed by atoms with Crippen LogP contribution in [0, 0.1) is 17.3 Å². The van der Waals surface area contributed by atoms with E-state index in [1.54, 1.807) is 5.57 Å². The standard InChI is InChI=1S/C12H16O/c1-8-2-3-10-6-9-4-5-12(8,10)7-11(9)13/h6,8-9H,2-5,7H2,1H3/t8?,9-,12-/m1/s1. The number of carbonyl (C=O) groups excluding carboxylic acids is 1. The van der Waals surface area contributed by atoms with E-state index in [9.17, 15) is 4.79 Å². The third kappa shape index (κ3) is 0.806. The Balaban J connectivity index is 2.12. The van der Waals surface area contributed by atoms with Crippen molar-refractivity contribution in [3.05, 3.63) is 11.6 Å². The Hall–Kier alpha value is -0.590. The second kappa shape index (κ2) is 2.26. The lowest BCUT2D eigenvalue weighted by atomic mass is 9.58. The van der Waals surface area contributed by atoms with Crippen molar-refractivity contribution < 1.29 is 4.79 Å². The SMILES string of the molecule is CC1CCC2=C[C@H]3CC[C@]21CC3=O. The van der Waals surface area contributed by atoms with Gasteiger partial charge in [-0.05, 0) is 31.6 Å². The van der Waals surface area contributed by atoms with Crippen LogP contribution in [-0.4, -0.2) is 5.78 Å². The van der Waals surface area contributed by atoms with Crippen molar-refractivity contribution in [2.45, 2.75) is 39.0 Å². The van der Waals surface area contributed by atoms with E-state index in [0.29, 0.717) is 17.1 Å². The summed E-state index contributed by atoms with van der Waals surface area (Å²) in [5.74, 6) is 1.58. The molecule has 2 saturated carbocycles. The number of fused-ring (bicyclic) bond motifs is 2. The predicted molar refractivity (Wildman–Crippen MR) is 51.3 cm³/mol. The highest BCUT2D eigenvalue weighted by molar-refractivity contribution is 5.86. The maximum atomic E-state index is 11.7. The van der Waals surface area contributed by atoms with Gasteiger partial charge in [0, 0.05) is 17.8 Å². The van der Waals surface area contributed by atoms with Crippen LogP contribution in [0.25, 0.3) is 0 Å². The van der Waals surface area contributed by atoms with Crippen LogP contribution in [0.4, 0.5) is 0 Å². The first-order valence-corrected chi connectivity index (χ1v) is 5.46. The van der Waals surface area contributed by atoms with Crippen LogP contribution in [0.15, 0.2) is 11.6 Å². The smallest absolute Gasteiger partial charge is 0.140 e. The minimum absolute atomic E-state index is 0.308. The molecule has 4 rings (SSSR count). The Morgan fingerprint density at radius 2 is 2.31 bits per heavy atom. The van der Waals surface area contributed by atoms with Crippen LogP contribution in [0.5, 0.6) is 0 Å². The van der Waals surface area contributed by atoms with Gasteiger partial charge in [-0.2, -0.15) is 0 Å². The van der Waals surface area contributed by atoms with Gasteiger partial charge in [0.15, 0.2) is 0 Å². The highest BCUT2D eigenvalue weighted by Gasteiger charge is 2.52. The Kier molecular flexibility index (Phi) is 1.35. The van der Waals surface area contributed by atoms with E-state index in [4.69, 9.17) is 0 Å². The summed E-state index contributed by atoms with van der Waals surface area (Å²) in [6.07, 6.45) is 8.17. The van der Waals surface area contributed by atoms with Crippen molar-refractivity contribution in [3.8, 4) is 0 Å². The van der Waals surface area contributed by atoms with Crippen molar-refractivity contribution in [1.29, 1.82) is 0 Å². The maximum absolute atomic E-state index is 11.7. The zero-order valence-electron chi connectivity index (χ0n) is 8.18. The van der Waals surface area contributed by atoms with E-state index < -0.39 is 0 Å². The largest absolute Gasteiger partial charge is 0.299 e. The second-order valence-corrected chi connectivity index (χ2v) is 5.08. The fourth-order valence-electron chi connectivity index (χ4n) is 3.68. The van der Waals surface area contributed by atoms with Crippen molar-refractivity contribution in [2.75, 3.05) is 0 Å². The first kappa shape index (κ1) is 7.78. The lowest BCUT2D eigenvalue weighted by molar-refractivity contribution is -0.127. The molecule has 1 nitrogen and oxygen atoms in total. The average molecular weight is 176 g/mol. The molecule has 4 aliphatic rings. The number of Topliss-reactive ketones (excluding diaryl/α,β-unsaturated/α-hetero) is 1. The van der Waals surface area contributed by atoms with E-state index in [1.807, 2.05) is 0 Å². The monoisotopic (exact) mass is 176 g/mol. The number of rotatable bonds is 0. The molecular formula is C12H16O. The number of hydrogen-bond acceptors (Lipinski definition) is 1. The van der Waals surface area contributed by atoms with Gasteiger partial charge in [-0.3, -0.25) is 4.79 Å². The third-order valence-electron chi connectivity index (χ3n) is 4.64. The Morgan fingerprint density at radius 1 is 1.46 bits per heavy atom. The molecule has 0 N–H and O–H groups in total. The van der Waals surface area contributed by atoms with Crippen molar-refractivity contribution in [2.24, 2.45) is 17.3 Å². The first-order valence-electron chi connectivity index (χ1n) is 5.46. The quantitative estimate of drug-likeness (QED) is 0.519. The molecule has 0 aromatic heterocycles. The van der Waals surface area contributed by atoms with E-state index in [2.05, 4.69) is 13.0 Å². The molecule has 70 valence electrons. The molecule has 4 aliphatic carbocycles. The number of allylic oxidation sites excluding steroid dienone is 2. The van der Waals surface area contributed by atoms with Crippen molar-refractivity contribution in [1.82, 2.24) is 0 Å². The molecule has 0 aromatic carbocycles. The molecule has 0 amide bonds. The fraction of sp³-hybridized carbons (Fsp3) is 0.750. The van der Waals surface area contributed by atoms with Gasteiger partial charge in [-0.1, -0.05) is 18.6 Å². The normalized spacial score (nSPS) is 47.8. The molecule has 1 unspecified atom stereocenters. The molecule has 2 bridgehead atoms. The van der Waals surface area contributed by atoms with Crippen LogP contribution in [0.2, 0.25) is 0 Å². The van der Waals surface area contributed by atoms with Crippen LogP contribution < -0.4 is 0 Å². The van der Waals surface area contributed by atoms with Gasteiger partial charge in [0.05, 0.1) is 0 Å². The number of carbonyl (C=O) groups is 1. The summed E-state index contributed by atoms with van der Waals surface area (Å²) >= 11 is 0. The molecule has 1 heteroatoms. The van der Waals surface area contributed by atoms with Crippen LogP contribution >= 0.6 is 0 Å². The summed E-state index contributed by atoms with van der Waals surface area (Å²) in [6.45, 7) is 2.33. The lowest BCUT2D eigenvalue weighted by Crippen LogP contribution is -2.40. The molecule has 1 spiro atoms. The molecule has 0 radical (unpaired) electrons. The predicted octanol–water partition coefficient (Wildman–Crippen LogP) is 2.71. The van der Waals surface area contributed by atoms with Gasteiger partial charge in [0.25, 0.3) is 0 Å². The van der Waals surface area contributed by atoms with Crippen LogP contribution in [0.1, 0.15) is 39.0 Å². The molecule has 0 saturated heterocycles. The molecule has 0 aromatic rings.